The highest BCUT2D eigenvalue weighted by Crippen LogP contribution is 2.41. The number of nitrogens with zero attached hydrogens (tertiary/aromatic N) is 8. The molecular formula is C29H32ClN9O2. The fraction of sp³-hybridized carbons (Fsp3) is 0.448. The first-order chi connectivity index (χ1) is 19.9. The van der Waals surface area contributed by atoms with Crippen LogP contribution in [0, 0.1) is 11.8 Å². The number of H-pyrrole nitrogens is 1. The maximum Gasteiger partial charge on any atom is 0.439 e. The van der Waals surface area contributed by atoms with Gasteiger partial charge in [-0.2, -0.15) is 5.10 Å². The lowest BCUT2D eigenvalue weighted by Gasteiger charge is -2.30. The van der Waals surface area contributed by atoms with Gasteiger partial charge in [-0.1, -0.05) is 36.5 Å². The van der Waals surface area contributed by atoms with E-state index in [0.717, 1.165) is 54.4 Å². The summed E-state index contributed by atoms with van der Waals surface area (Å²) >= 11 is 6.41. The van der Waals surface area contributed by atoms with Crippen LogP contribution in [0.2, 0.25) is 5.02 Å². The zero-order chi connectivity index (χ0) is 28.1. The largest absolute Gasteiger partial charge is 0.439 e. The monoisotopic (exact) mass is 573 g/mol. The molecule has 0 spiro atoms. The number of nitrogens with one attached hydrogen (secondary N) is 1. The molecule has 2 fully saturated rings. The van der Waals surface area contributed by atoms with E-state index in [4.69, 9.17) is 26.1 Å². The van der Waals surface area contributed by atoms with Crippen LogP contribution < -0.4 is 10.7 Å². The third-order valence-corrected chi connectivity index (χ3v) is 8.77. The molecule has 6 heterocycles. The first-order valence-corrected chi connectivity index (χ1v) is 14.6. The average molecular weight is 574 g/mol. The number of rotatable bonds is 6. The van der Waals surface area contributed by atoms with Crippen LogP contribution in [0.25, 0.3) is 33.8 Å². The predicted molar refractivity (Wildman–Crippen MR) is 156 cm³/mol. The van der Waals surface area contributed by atoms with Crippen molar-refractivity contribution < 1.29 is 4.52 Å². The van der Waals surface area contributed by atoms with Gasteiger partial charge in [0.25, 0.3) is 0 Å². The first-order valence-electron chi connectivity index (χ1n) is 14.3. The van der Waals surface area contributed by atoms with Crippen LogP contribution in [0.3, 0.4) is 0 Å². The Labute approximate surface area is 241 Å². The van der Waals surface area contributed by atoms with E-state index in [2.05, 4.69) is 42.8 Å². The number of hydrogen-bond acceptors (Lipinski definition) is 8. The molecule has 212 valence electrons. The normalized spacial score (nSPS) is 21.2. The molecule has 0 radical (unpaired) electrons. The summed E-state index contributed by atoms with van der Waals surface area (Å²) in [5.41, 5.74) is 4.81. The zero-order valence-electron chi connectivity index (χ0n) is 23.1. The zero-order valence-corrected chi connectivity index (χ0v) is 23.9. The van der Waals surface area contributed by atoms with Gasteiger partial charge in [-0.15, -0.1) is 0 Å². The summed E-state index contributed by atoms with van der Waals surface area (Å²) in [5.74, 6) is 1.84. The highest BCUT2D eigenvalue weighted by atomic mass is 35.5. The standard InChI is InChI=1S/C29H32ClN9O2/c1-17-5-7-18(8-6-17)15-39-26-22(34-28(39)38-9-3-4-24(38)20-13-32-37(2)16-20)11-23(27-35-29(40)41-36-27)33-25(26)19-10-21(30)14-31-12-19/h10-14,16-18,24H,3-9,15H2,1-2H3,(H,35,36,40)/t17-,18-,24?. The van der Waals surface area contributed by atoms with Gasteiger partial charge in [0, 0.05) is 49.9 Å². The van der Waals surface area contributed by atoms with E-state index in [0.29, 0.717) is 22.3 Å². The van der Waals surface area contributed by atoms with E-state index >= 15 is 0 Å². The summed E-state index contributed by atoms with van der Waals surface area (Å²) in [4.78, 5) is 31.5. The molecule has 1 N–H and O–H groups in total. The summed E-state index contributed by atoms with van der Waals surface area (Å²) in [6.07, 6.45) is 14.4. The van der Waals surface area contributed by atoms with Crippen molar-refractivity contribution in [3.05, 3.63) is 58.1 Å². The van der Waals surface area contributed by atoms with E-state index in [-0.39, 0.29) is 11.9 Å². The molecule has 0 aromatic carbocycles. The second-order valence-corrected chi connectivity index (χ2v) is 11.9. The minimum absolute atomic E-state index is 0.182. The summed E-state index contributed by atoms with van der Waals surface area (Å²) in [7, 11) is 1.95. The van der Waals surface area contributed by atoms with Crippen molar-refractivity contribution in [1.82, 2.24) is 39.4 Å². The topological polar surface area (TPSA) is 124 Å². The van der Waals surface area contributed by atoms with Crippen LogP contribution in [0.1, 0.15) is 57.1 Å². The van der Waals surface area contributed by atoms with Crippen LogP contribution >= 0.6 is 11.6 Å². The van der Waals surface area contributed by atoms with Crippen molar-refractivity contribution in [2.24, 2.45) is 18.9 Å². The lowest BCUT2D eigenvalue weighted by Crippen LogP contribution is -2.27. The van der Waals surface area contributed by atoms with Crippen molar-refractivity contribution in [1.29, 1.82) is 0 Å². The Balaban J connectivity index is 1.44. The number of anilines is 1. The van der Waals surface area contributed by atoms with Gasteiger partial charge in [0.1, 0.15) is 5.69 Å². The van der Waals surface area contributed by atoms with Gasteiger partial charge in [-0.25, -0.2) is 14.8 Å². The number of imidazole rings is 1. The predicted octanol–water partition coefficient (Wildman–Crippen LogP) is 5.39. The smallest absolute Gasteiger partial charge is 0.335 e. The van der Waals surface area contributed by atoms with E-state index in [9.17, 15) is 4.79 Å². The molecule has 0 amide bonds. The Morgan fingerprint density at radius 3 is 2.68 bits per heavy atom. The lowest BCUT2D eigenvalue weighted by molar-refractivity contribution is 0.266. The Hall–Kier alpha value is -3.99. The van der Waals surface area contributed by atoms with Crippen molar-refractivity contribution >= 4 is 28.6 Å². The second-order valence-electron chi connectivity index (χ2n) is 11.5. The Bertz CT molecular complexity index is 1760. The second kappa shape index (κ2) is 10.4. The Kier molecular flexibility index (Phi) is 6.61. The highest BCUT2D eigenvalue weighted by molar-refractivity contribution is 6.30. The molecule has 1 saturated carbocycles. The Morgan fingerprint density at radius 1 is 1.10 bits per heavy atom. The van der Waals surface area contributed by atoms with Gasteiger partial charge in [0.15, 0.2) is 0 Å². The minimum Gasteiger partial charge on any atom is -0.335 e. The van der Waals surface area contributed by atoms with Crippen molar-refractivity contribution in [2.75, 3.05) is 11.4 Å². The van der Waals surface area contributed by atoms with Gasteiger partial charge < -0.3 is 9.47 Å². The molecule has 41 heavy (non-hydrogen) atoms. The molecule has 1 atom stereocenters. The first kappa shape index (κ1) is 25.9. The van der Waals surface area contributed by atoms with E-state index in [1.807, 2.05) is 30.1 Å². The van der Waals surface area contributed by atoms with Crippen LogP contribution in [-0.2, 0) is 13.6 Å². The average Bonchev–Trinajstić information content (AvgIpc) is 3.76. The van der Waals surface area contributed by atoms with Gasteiger partial charge >= 0.3 is 5.76 Å². The molecule has 7 rings (SSSR count). The maximum atomic E-state index is 11.8. The molecule has 5 aromatic heterocycles. The fourth-order valence-corrected chi connectivity index (χ4v) is 6.65. The molecule has 12 heteroatoms. The number of aromatic nitrogens is 8. The summed E-state index contributed by atoms with van der Waals surface area (Å²) in [6.45, 7) is 4.09. The van der Waals surface area contributed by atoms with Gasteiger partial charge in [0.2, 0.25) is 11.8 Å². The minimum atomic E-state index is -0.637. The number of fused-ring (bicyclic) bond motifs is 1. The van der Waals surface area contributed by atoms with E-state index in [1.54, 1.807) is 12.4 Å². The van der Waals surface area contributed by atoms with Crippen molar-refractivity contribution in [3.8, 4) is 22.8 Å². The van der Waals surface area contributed by atoms with Crippen LogP contribution in [0.4, 0.5) is 5.95 Å². The Morgan fingerprint density at radius 2 is 1.95 bits per heavy atom. The number of aromatic amines is 1. The SMILES string of the molecule is Cn1cc(C2CCCN2c2nc3cc(-c4noc(=O)[nH]4)nc(-c4cncc(Cl)c4)c3n2C[C@H]2CC[C@H](C)CC2)cn1. The van der Waals surface area contributed by atoms with Gasteiger partial charge in [-0.3, -0.25) is 19.2 Å². The fourth-order valence-electron chi connectivity index (χ4n) is 6.48. The molecule has 5 aromatic rings. The molecule has 1 aliphatic carbocycles. The van der Waals surface area contributed by atoms with Crippen LogP contribution in [0.5, 0.6) is 0 Å². The van der Waals surface area contributed by atoms with Crippen LogP contribution in [-0.4, -0.2) is 46.0 Å². The van der Waals surface area contributed by atoms with Crippen molar-refractivity contribution in [2.45, 2.75) is 58.0 Å². The number of aryl methyl sites for hydroxylation is 1. The third-order valence-electron chi connectivity index (χ3n) is 8.56. The molecule has 1 saturated heterocycles. The third kappa shape index (κ3) is 4.92. The molecule has 11 nitrogen and oxygen atoms in total. The molecular weight excluding hydrogens is 542 g/mol. The van der Waals surface area contributed by atoms with E-state index < -0.39 is 5.76 Å². The van der Waals surface area contributed by atoms with Gasteiger partial charge in [0.05, 0.1) is 34.0 Å². The lowest BCUT2D eigenvalue weighted by atomic mass is 9.83. The summed E-state index contributed by atoms with van der Waals surface area (Å²) in [5, 5.41) is 8.87. The highest BCUT2D eigenvalue weighted by Gasteiger charge is 2.33. The number of hydrogen-bond donors (Lipinski definition) is 1. The molecule has 1 unspecified atom stereocenters. The van der Waals surface area contributed by atoms with E-state index in [1.165, 1.54) is 31.2 Å². The maximum absolute atomic E-state index is 11.8. The molecule has 2 aliphatic rings. The summed E-state index contributed by atoms with van der Waals surface area (Å²) < 4.78 is 9.03. The molecule has 1 aliphatic heterocycles. The quantitative estimate of drug-likeness (QED) is 0.287. The number of halogens is 1. The molecule has 0 bridgehead atoms. The number of pyridine rings is 2. The van der Waals surface area contributed by atoms with Crippen molar-refractivity contribution in [3.63, 3.8) is 0 Å². The van der Waals surface area contributed by atoms with Crippen LogP contribution in [0.15, 0.2) is 46.2 Å². The summed E-state index contributed by atoms with van der Waals surface area (Å²) in [6, 6.07) is 3.92. The van der Waals surface area contributed by atoms with Gasteiger partial charge in [-0.05, 0) is 49.7 Å².